The molecule has 0 spiro atoms. The van der Waals surface area contributed by atoms with E-state index in [1.165, 1.54) is 39.6 Å². The summed E-state index contributed by atoms with van der Waals surface area (Å²) in [5, 5.41) is 10.0. The van der Waals surface area contributed by atoms with Gasteiger partial charge in [0.05, 0.1) is 21.3 Å². The highest BCUT2D eigenvalue weighted by Crippen LogP contribution is 2.37. The maximum absolute atomic E-state index is 12.8. The standard InChI is InChI=1S/C24H29NO5/c1-28-21-10-8-18(15-19(21)16-25-11-5-4-6-12-25)20(26)9-7-17-13-22(29-2)24(27)23(14-17)30-3/h7-10,13-15,27H,4-6,11-12,16H2,1-3H3/b9-7+. The summed E-state index contributed by atoms with van der Waals surface area (Å²) < 4.78 is 15.8. The van der Waals surface area contributed by atoms with Crippen molar-refractivity contribution in [1.29, 1.82) is 0 Å². The number of likely N-dealkylation sites (tertiary alicyclic amines) is 1. The first-order valence-electron chi connectivity index (χ1n) is 10.1. The van der Waals surface area contributed by atoms with Gasteiger partial charge in [0.2, 0.25) is 5.75 Å². The lowest BCUT2D eigenvalue weighted by Crippen LogP contribution is -2.29. The Hall–Kier alpha value is -2.99. The van der Waals surface area contributed by atoms with Gasteiger partial charge >= 0.3 is 0 Å². The number of aromatic hydroxyl groups is 1. The van der Waals surface area contributed by atoms with E-state index in [4.69, 9.17) is 14.2 Å². The fraction of sp³-hybridized carbons (Fsp3) is 0.375. The molecule has 0 radical (unpaired) electrons. The average Bonchev–Trinajstić information content (AvgIpc) is 2.78. The quantitative estimate of drug-likeness (QED) is 0.516. The summed E-state index contributed by atoms with van der Waals surface area (Å²) >= 11 is 0. The van der Waals surface area contributed by atoms with E-state index in [2.05, 4.69) is 4.90 Å². The van der Waals surface area contributed by atoms with Crippen LogP contribution in [-0.2, 0) is 6.54 Å². The Labute approximate surface area is 177 Å². The third-order valence-electron chi connectivity index (χ3n) is 5.34. The first-order valence-corrected chi connectivity index (χ1v) is 10.1. The lowest BCUT2D eigenvalue weighted by Gasteiger charge is -2.27. The Bertz CT molecular complexity index is 891. The normalized spacial score (nSPS) is 14.6. The zero-order valence-corrected chi connectivity index (χ0v) is 17.8. The van der Waals surface area contributed by atoms with Crippen LogP contribution >= 0.6 is 0 Å². The number of carbonyl (C=O) groups excluding carboxylic acids is 1. The SMILES string of the molecule is COc1ccc(C(=O)/C=C/c2cc(OC)c(O)c(OC)c2)cc1CN1CCCCC1. The van der Waals surface area contributed by atoms with Gasteiger partial charge in [0.25, 0.3) is 0 Å². The van der Waals surface area contributed by atoms with E-state index in [0.29, 0.717) is 11.1 Å². The molecule has 0 amide bonds. The van der Waals surface area contributed by atoms with Gasteiger partial charge in [-0.25, -0.2) is 0 Å². The van der Waals surface area contributed by atoms with Crippen molar-refractivity contribution in [3.8, 4) is 23.0 Å². The minimum atomic E-state index is -0.108. The van der Waals surface area contributed by atoms with Gasteiger partial charge in [-0.1, -0.05) is 12.5 Å². The van der Waals surface area contributed by atoms with Gasteiger partial charge in [0, 0.05) is 17.7 Å². The average molecular weight is 411 g/mol. The fourth-order valence-electron chi connectivity index (χ4n) is 3.69. The van der Waals surface area contributed by atoms with Crippen LogP contribution in [0.4, 0.5) is 0 Å². The van der Waals surface area contributed by atoms with Gasteiger partial charge < -0.3 is 19.3 Å². The summed E-state index contributed by atoms with van der Waals surface area (Å²) in [7, 11) is 4.59. The largest absolute Gasteiger partial charge is 0.502 e. The second-order valence-electron chi connectivity index (χ2n) is 7.34. The van der Waals surface area contributed by atoms with Crippen LogP contribution in [0.3, 0.4) is 0 Å². The number of ether oxygens (including phenoxy) is 3. The predicted molar refractivity (Wildman–Crippen MR) is 117 cm³/mol. The zero-order valence-electron chi connectivity index (χ0n) is 17.8. The lowest BCUT2D eigenvalue weighted by molar-refractivity contribution is 0.104. The molecule has 3 rings (SSSR count). The molecular formula is C24H29NO5. The second-order valence-corrected chi connectivity index (χ2v) is 7.34. The topological polar surface area (TPSA) is 68.2 Å². The molecule has 2 aromatic rings. The van der Waals surface area contributed by atoms with Crippen molar-refractivity contribution in [3.63, 3.8) is 0 Å². The lowest BCUT2D eigenvalue weighted by atomic mass is 10.0. The van der Waals surface area contributed by atoms with E-state index in [-0.39, 0.29) is 23.0 Å². The van der Waals surface area contributed by atoms with Crippen molar-refractivity contribution in [1.82, 2.24) is 4.90 Å². The molecule has 1 aliphatic heterocycles. The molecule has 0 atom stereocenters. The van der Waals surface area contributed by atoms with Crippen LogP contribution in [0.25, 0.3) is 6.08 Å². The molecule has 2 aromatic carbocycles. The maximum atomic E-state index is 12.8. The van der Waals surface area contributed by atoms with Crippen molar-refractivity contribution < 1.29 is 24.1 Å². The fourth-order valence-corrected chi connectivity index (χ4v) is 3.69. The number of nitrogens with zero attached hydrogens (tertiary/aromatic N) is 1. The molecule has 0 bridgehead atoms. The van der Waals surface area contributed by atoms with Crippen LogP contribution in [-0.4, -0.2) is 50.2 Å². The van der Waals surface area contributed by atoms with Gasteiger partial charge in [-0.05, 0) is 67.9 Å². The van der Waals surface area contributed by atoms with E-state index < -0.39 is 0 Å². The number of hydrogen-bond acceptors (Lipinski definition) is 6. The molecule has 1 fully saturated rings. The number of hydrogen-bond donors (Lipinski definition) is 1. The number of piperidine rings is 1. The van der Waals surface area contributed by atoms with Crippen LogP contribution in [0.2, 0.25) is 0 Å². The summed E-state index contributed by atoms with van der Waals surface area (Å²) in [6, 6.07) is 8.85. The molecule has 160 valence electrons. The molecule has 1 saturated heterocycles. The van der Waals surface area contributed by atoms with Crippen molar-refractivity contribution >= 4 is 11.9 Å². The number of rotatable bonds is 8. The number of benzene rings is 2. The number of phenols is 1. The maximum Gasteiger partial charge on any atom is 0.200 e. The highest BCUT2D eigenvalue weighted by molar-refractivity contribution is 6.07. The molecule has 6 nitrogen and oxygen atoms in total. The number of ketones is 1. The first kappa shape index (κ1) is 21.7. The first-order chi connectivity index (χ1) is 14.5. The minimum Gasteiger partial charge on any atom is -0.502 e. The van der Waals surface area contributed by atoms with Gasteiger partial charge in [-0.3, -0.25) is 9.69 Å². The molecule has 1 N–H and O–H groups in total. The van der Waals surface area contributed by atoms with Crippen LogP contribution < -0.4 is 14.2 Å². The van der Waals surface area contributed by atoms with E-state index in [0.717, 1.165) is 30.9 Å². The molecule has 0 aliphatic carbocycles. The molecule has 1 aliphatic rings. The molecule has 1 heterocycles. The highest BCUT2D eigenvalue weighted by atomic mass is 16.5. The Morgan fingerprint density at radius 3 is 2.20 bits per heavy atom. The molecule has 6 heteroatoms. The van der Waals surface area contributed by atoms with Crippen LogP contribution in [0.15, 0.2) is 36.4 Å². The van der Waals surface area contributed by atoms with Crippen LogP contribution in [0, 0.1) is 0 Å². The number of carbonyl (C=O) groups is 1. The number of methoxy groups -OCH3 is 3. The van der Waals surface area contributed by atoms with E-state index in [1.54, 1.807) is 31.4 Å². The Kier molecular flexibility index (Phi) is 7.36. The Balaban J connectivity index is 1.80. The van der Waals surface area contributed by atoms with Crippen LogP contribution in [0.1, 0.15) is 40.7 Å². The van der Waals surface area contributed by atoms with E-state index in [1.807, 2.05) is 12.1 Å². The highest BCUT2D eigenvalue weighted by Gasteiger charge is 2.15. The Morgan fingerprint density at radius 2 is 1.60 bits per heavy atom. The van der Waals surface area contributed by atoms with E-state index in [9.17, 15) is 9.90 Å². The summed E-state index contributed by atoms with van der Waals surface area (Å²) in [4.78, 5) is 15.2. The summed E-state index contributed by atoms with van der Waals surface area (Å²) in [6.07, 6.45) is 6.90. The van der Waals surface area contributed by atoms with Gasteiger partial charge in [0.1, 0.15) is 5.75 Å². The summed E-state index contributed by atoms with van der Waals surface area (Å²) in [5.41, 5.74) is 2.32. The van der Waals surface area contributed by atoms with Crippen LogP contribution in [0.5, 0.6) is 23.0 Å². The minimum absolute atomic E-state index is 0.0685. The van der Waals surface area contributed by atoms with Gasteiger partial charge in [-0.15, -0.1) is 0 Å². The number of phenolic OH excluding ortho intramolecular Hbond substituents is 1. The van der Waals surface area contributed by atoms with Crippen molar-refractivity contribution in [2.24, 2.45) is 0 Å². The van der Waals surface area contributed by atoms with Crippen molar-refractivity contribution in [3.05, 3.63) is 53.1 Å². The Morgan fingerprint density at radius 1 is 0.967 bits per heavy atom. The van der Waals surface area contributed by atoms with E-state index >= 15 is 0 Å². The van der Waals surface area contributed by atoms with Crippen molar-refractivity contribution in [2.45, 2.75) is 25.8 Å². The molecule has 0 unspecified atom stereocenters. The second kappa shape index (κ2) is 10.2. The molecule has 0 saturated carbocycles. The number of allylic oxidation sites excluding steroid dienone is 1. The molecular weight excluding hydrogens is 382 g/mol. The van der Waals surface area contributed by atoms with Gasteiger partial charge in [0.15, 0.2) is 17.3 Å². The third-order valence-corrected chi connectivity index (χ3v) is 5.34. The summed E-state index contributed by atoms with van der Waals surface area (Å²) in [5.74, 6) is 1.20. The molecule has 30 heavy (non-hydrogen) atoms. The van der Waals surface area contributed by atoms with Gasteiger partial charge in [-0.2, -0.15) is 0 Å². The third kappa shape index (κ3) is 5.13. The zero-order chi connectivity index (χ0) is 21.5. The smallest absolute Gasteiger partial charge is 0.200 e. The monoisotopic (exact) mass is 411 g/mol. The summed E-state index contributed by atoms with van der Waals surface area (Å²) in [6.45, 7) is 2.93. The van der Waals surface area contributed by atoms with Crippen molar-refractivity contribution in [2.75, 3.05) is 34.4 Å². The predicted octanol–water partition coefficient (Wildman–Crippen LogP) is 4.30. The molecule has 0 aromatic heterocycles.